The van der Waals surface area contributed by atoms with Crippen LogP contribution in [-0.2, 0) is 11.3 Å². The third kappa shape index (κ3) is 6.04. The van der Waals surface area contributed by atoms with Gasteiger partial charge in [0.2, 0.25) is 5.91 Å². The molecule has 0 unspecified atom stereocenters. The normalized spacial score (nSPS) is 11.5. The zero-order chi connectivity index (χ0) is 21.3. The third-order valence-corrected chi connectivity index (χ3v) is 5.49. The van der Waals surface area contributed by atoms with Crippen LogP contribution in [0.25, 0.3) is 11.3 Å². The van der Waals surface area contributed by atoms with Gasteiger partial charge in [0.1, 0.15) is 6.04 Å². The van der Waals surface area contributed by atoms with Crippen molar-refractivity contribution in [3.63, 3.8) is 0 Å². The van der Waals surface area contributed by atoms with Crippen LogP contribution in [0.2, 0.25) is 5.02 Å². The summed E-state index contributed by atoms with van der Waals surface area (Å²) in [5.41, 5.74) is 8.90. The number of hydrogen-bond acceptors (Lipinski definition) is 6. The molecular weight excluding hydrogens is 418 g/mol. The zero-order valence-electron chi connectivity index (χ0n) is 16.3. The molecule has 2 aromatic carbocycles. The molecule has 0 spiro atoms. The summed E-state index contributed by atoms with van der Waals surface area (Å²) in [6.45, 7) is 0.905. The molecule has 30 heavy (non-hydrogen) atoms. The number of rotatable bonds is 9. The molecule has 0 aliphatic rings. The fourth-order valence-electron chi connectivity index (χ4n) is 2.89. The summed E-state index contributed by atoms with van der Waals surface area (Å²) in [5, 5.41) is 18.3. The molecule has 4 N–H and O–H groups in total. The molecule has 3 aromatic rings. The average Bonchev–Trinajstić information content (AvgIpc) is 3.23. The van der Waals surface area contributed by atoms with E-state index in [1.54, 1.807) is 18.2 Å². The molecule has 1 amide bonds. The van der Waals surface area contributed by atoms with E-state index < -0.39 is 6.04 Å². The number of nitrogens with two attached hydrogens (primary N) is 1. The number of amides is 1. The molecule has 0 fully saturated rings. The topological polar surface area (TPSA) is 104 Å². The van der Waals surface area contributed by atoms with Gasteiger partial charge in [-0.1, -0.05) is 35.9 Å². The second kappa shape index (κ2) is 10.7. The Balaban J connectivity index is 1.65. The number of nitriles is 1. The zero-order valence-corrected chi connectivity index (χ0v) is 17.8. The highest BCUT2D eigenvalue weighted by atomic mass is 35.5. The number of hydrogen-bond donors (Lipinski definition) is 3. The molecule has 3 rings (SSSR count). The number of nitrogens with zero attached hydrogens (tertiary/aromatic N) is 2. The summed E-state index contributed by atoms with van der Waals surface area (Å²) in [5.74, 6) is -0.112. The van der Waals surface area contributed by atoms with E-state index in [9.17, 15) is 4.79 Å². The van der Waals surface area contributed by atoms with Gasteiger partial charge in [0.15, 0.2) is 5.13 Å². The van der Waals surface area contributed by atoms with E-state index in [4.69, 9.17) is 22.6 Å². The number of thiazole rings is 1. The lowest BCUT2D eigenvalue weighted by atomic mass is 10.1. The van der Waals surface area contributed by atoms with Crippen LogP contribution in [0.3, 0.4) is 0 Å². The van der Waals surface area contributed by atoms with E-state index in [1.165, 1.54) is 11.3 Å². The van der Waals surface area contributed by atoms with Crippen LogP contribution in [0.15, 0.2) is 53.9 Å². The van der Waals surface area contributed by atoms with Crippen molar-refractivity contribution in [2.24, 2.45) is 5.73 Å². The average molecular weight is 440 g/mol. The monoisotopic (exact) mass is 439 g/mol. The number of halogens is 1. The Hall–Kier alpha value is -2.92. The predicted molar refractivity (Wildman–Crippen MR) is 121 cm³/mol. The lowest BCUT2D eigenvalue weighted by Gasteiger charge is -2.17. The molecule has 6 nitrogen and oxygen atoms in total. The number of nitrogens with one attached hydrogen (secondary N) is 2. The predicted octanol–water partition coefficient (Wildman–Crippen LogP) is 4.17. The molecule has 0 radical (unpaired) electrons. The summed E-state index contributed by atoms with van der Waals surface area (Å²) < 4.78 is 0. The minimum absolute atomic E-state index is 0.112. The van der Waals surface area contributed by atoms with Crippen LogP contribution in [0.4, 0.5) is 5.13 Å². The number of benzene rings is 2. The smallest absolute Gasteiger partial charge is 0.242 e. The molecule has 154 valence electrons. The highest BCUT2D eigenvalue weighted by Crippen LogP contribution is 2.26. The lowest BCUT2D eigenvalue weighted by molar-refractivity contribution is -0.122. The molecule has 0 aliphatic carbocycles. The van der Waals surface area contributed by atoms with Gasteiger partial charge in [-0.05, 0) is 49.2 Å². The van der Waals surface area contributed by atoms with Crippen molar-refractivity contribution in [2.45, 2.75) is 25.4 Å². The van der Waals surface area contributed by atoms with Crippen molar-refractivity contribution in [3.05, 3.63) is 70.1 Å². The van der Waals surface area contributed by atoms with Crippen molar-refractivity contribution in [2.75, 3.05) is 11.9 Å². The van der Waals surface area contributed by atoms with Crippen molar-refractivity contribution in [1.82, 2.24) is 10.3 Å². The van der Waals surface area contributed by atoms with Gasteiger partial charge in [0.05, 0.1) is 17.3 Å². The van der Waals surface area contributed by atoms with Crippen molar-refractivity contribution < 1.29 is 4.79 Å². The maximum Gasteiger partial charge on any atom is 0.242 e. The highest BCUT2D eigenvalue weighted by Gasteiger charge is 2.19. The Morgan fingerprint density at radius 2 is 2.07 bits per heavy atom. The van der Waals surface area contributed by atoms with Gasteiger partial charge in [-0.15, -0.1) is 11.3 Å². The first-order valence-electron chi connectivity index (χ1n) is 9.54. The van der Waals surface area contributed by atoms with Crippen molar-refractivity contribution in [3.8, 4) is 17.3 Å². The minimum atomic E-state index is -0.437. The van der Waals surface area contributed by atoms with Crippen molar-refractivity contribution in [1.29, 1.82) is 5.26 Å². The van der Waals surface area contributed by atoms with E-state index in [0.717, 1.165) is 23.2 Å². The summed E-state index contributed by atoms with van der Waals surface area (Å²) >= 11 is 7.44. The maximum atomic E-state index is 12.8. The van der Waals surface area contributed by atoms with E-state index in [2.05, 4.69) is 21.7 Å². The molecule has 0 saturated heterocycles. The van der Waals surface area contributed by atoms with Gasteiger partial charge < -0.3 is 16.4 Å². The first kappa shape index (κ1) is 21.8. The van der Waals surface area contributed by atoms with Gasteiger partial charge >= 0.3 is 0 Å². The standard InChI is InChI=1S/C22H22ClN5OS/c23-18-4-1-3-16(11-18)13-26-21(29)19(5-2-10-24)27-22-28-20(14-30-22)17-8-6-15(12-25)7-9-17/h1,3-4,6-9,11,14,19H,2,5,10,13,24H2,(H,26,29)(H,27,28)/t19-/m0/s1. The van der Waals surface area contributed by atoms with E-state index in [1.807, 2.05) is 35.7 Å². The van der Waals surface area contributed by atoms with Crippen LogP contribution in [0, 0.1) is 11.3 Å². The fraction of sp³-hybridized carbons (Fsp3) is 0.227. The Labute approximate surface area is 184 Å². The molecule has 1 atom stereocenters. The second-order valence-electron chi connectivity index (χ2n) is 6.70. The van der Waals surface area contributed by atoms with E-state index >= 15 is 0 Å². The Morgan fingerprint density at radius 3 is 2.77 bits per heavy atom. The Morgan fingerprint density at radius 1 is 1.27 bits per heavy atom. The third-order valence-electron chi connectivity index (χ3n) is 4.48. The largest absolute Gasteiger partial charge is 0.350 e. The van der Waals surface area contributed by atoms with Gasteiger partial charge in [-0.25, -0.2) is 4.98 Å². The molecule has 1 aromatic heterocycles. The molecule has 0 bridgehead atoms. The maximum absolute atomic E-state index is 12.8. The quantitative estimate of drug-likeness (QED) is 0.464. The summed E-state index contributed by atoms with van der Waals surface area (Å²) in [4.78, 5) is 17.3. The van der Waals surface area contributed by atoms with Crippen LogP contribution in [0.5, 0.6) is 0 Å². The summed E-state index contributed by atoms with van der Waals surface area (Å²) in [7, 11) is 0. The fourth-order valence-corrected chi connectivity index (χ4v) is 3.87. The Kier molecular flexibility index (Phi) is 7.80. The van der Waals surface area contributed by atoms with Gasteiger partial charge in [-0.3, -0.25) is 4.79 Å². The van der Waals surface area contributed by atoms with Gasteiger partial charge in [0.25, 0.3) is 0 Å². The number of anilines is 1. The first-order valence-corrected chi connectivity index (χ1v) is 10.8. The van der Waals surface area contributed by atoms with E-state index in [0.29, 0.717) is 35.2 Å². The van der Waals surface area contributed by atoms with Crippen LogP contribution in [-0.4, -0.2) is 23.5 Å². The van der Waals surface area contributed by atoms with Gasteiger partial charge in [0, 0.05) is 22.5 Å². The number of aromatic nitrogens is 1. The van der Waals surface area contributed by atoms with E-state index in [-0.39, 0.29) is 5.91 Å². The van der Waals surface area contributed by atoms with Crippen LogP contribution in [0.1, 0.15) is 24.0 Å². The lowest BCUT2D eigenvalue weighted by Crippen LogP contribution is -2.39. The Bertz CT molecular complexity index is 1030. The number of carbonyl (C=O) groups excluding carboxylic acids is 1. The molecule has 0 saturated carbocycles. The van der Waals surface area contributed by atoms with Gasteiger partial charge in [-0.2, -0.15) is 5.26 Å². The molecule has 1 heterocycles. The molecule has 8 heteroatoms. The highest BCUT2D eigenvalue weighted by molar-refractivity contribution is 7.14. The summed E-state index contributed by atoms with van der Waals surface area (Å²) in [6, 6.07) is 16.3. The molecular formula is C22H22ClN5OS. The minimum Gasteiger partial charge on any atom is -0.350 e. The van der Waals surface area contributed by atoms with Crippen LogP contribution >= 0.6 is 22.9 Å². The summed E-state index contributed by atoms with van der Waals surface area (Å²) in [6.07, 6.45) is 1.32. The van der Waals surface area contributed by atoms with Crippen LogP contribution < -0.4 is 16.4 Å². The first-order chi connectivity index (χ1) is 14.6. The molecule has 0 aliphatic heterocycles. The number of carbonyl (C=O) groups is 1. The SMILES string of the molecule is N#Cc1ccc(-c2csc(N[C@@H](CCCN)C(=O)NCc3cccc(Cl)c3)n2)cc1. The van der Waals surface area contributed by atoms with Crippen molar-refractivity contribution >= 4 is 34.0 Å². The second-order valence-corrected chi connectivity index (χ2v) is 8.00.